The van der Waals surface area contributed by atoms with E-state index in [1.165, 1.54) is 37.8 Å². The topological polar surface area (TPSA) is 29.9 Å². The van der Waals surface area contributed by atoms with E-state index in [9.17, 15) is 0 Å². The van der Waals surface area contributed by atoms with Crippen LogP contribution in [0.5, 0.6) is 0 Å². The molecule has 0 aromatic carbocycles. The molecule has 3 heteroatoms. The smallest absolute Gasteiger partial charge is 0.0793 e. The van der Waals surface area contributed by atoms with E-state index in [0.29, 0.717) is 6.04 Å². The summed E-state index contributed by atoms with van der Waals surface area (Å²) in [5, 5.41) is 8.13. The van der Waals surface area contributed by atoms with Crippen LogP contribution in [0.4, 0.5) is 0 Å². The number of hydrogen-bond donors (Lipinski definition) is 1. The van der Waals surface area contributed by atoms with Gasteiger partial charge in [0.15, 0.2) is 0 Å². The Balaban J connectivity index is 2.60. The summed E-state index contributed by atoms with van der Waals surface area (Å²) < 4.78 is 1.90. The van der Waals surface area contributed by atoms with Gasteiger partial charge >= 0.3 is 0 Å². The molecule has 0 radical (unpaired) electrons. The standard InChI is InChI=1S/C15H29N3/c1-5-8-9-13(6-2)12-15(16-7-3)14-10-11-18(4)17-14/h10-11,13,15-16H,5-9,12H2,1-4H3. The molecule has 1 heterocycles. The molecule has 0 fully saturated rings. The molecule has 0 saturated carbocycles. The highest BCUT2D eigenvalue weighted by Gasteiger charge is 2.17. The summed E-state index contributed by atoms with van der Waals surface area (Å²) in [5.74, 6) is 0.816. The molecule has 1 aromatic heterocycles. The third kappa shape index (κ3) is 4.81. The maximum absolute atomic E-state index is 4.55. The fourth-order valence-electron chi connectivity index (χ4n) is 2.49. The first-order valence-corrected chi connectivity index (χ1v) is 7.44. The highest BCUT2D eigenvalue weighted by molar-refractivity contribution is 5.05. The van der Waals surface area contributed by atoms with E-state index in [0.717, 1.165) is 12.5 Å². The third-order valence-electron chi connectivity index (χ3n) is 3.65. The molecular formula is C15H29N3. The van der Waals surface area contributed by atoms with Crippen LogP contribution in [0.15, 0.2) is 12.3 Å². The van der Waals surface area contributed by atoms with Crippen molar-refractivity contribution in [3.63, 3.8) is 0 Å². The number of aryl methyl sites for hydroxylation is 1. The van der Waals surface area contributed by atoms with E-state index in [-0.39, 0.29) is 0 Å². The van der Waals surface area contributed by atoms with Crippen LogP contribution >= 0.6 is 0 Å². The van der Waals surface area contributed by atoms with E-state index in [4.69, 9.17) is 0 Å². The SMILES string of the molecule is CCCCC(CC)CC(NCC)c1ccn(C)n1. The van der Waals surface area contributed by atoms with E-state index in [1.54, 1.807) is 0 Å². The largest absolute Gasteiger partial charge is 0.309 e. The molecular weight excluding hydrogens is 222 g/mol. The van der Waals surface area contributed by atoms with Gasteiger partial charge in [0, 0.05) is 13.2 Å². The van der Waals surface area contributed by atoms with Crippen LogP contribution in [0.3, 0.4) is 0 Å². The van der Waals surface area contributed by atoms with Crippen molar-refractivity contribution >= 4 is 0 Å². The quantitative estimate of drug-likeness (QED) is 0.725. The average molecular weight is 251 g/mol. The van der Waals surface area contributed by atoms with Gasteiger partial charge in [0.2, 0.25) is 0 Å². The molecule has 0 saturated heterocycles. The Morgan fingerprint density at radius 3 is 2.61 bits per heavy atom. The van der Waals surface area contributed by atoms with E-state index in [2.05, 4.69) is 37.3 Å². The van der Waals surface area contributed by atoms with E-state index >= 15 is 0 Å². The minimum Gasteiger partial charge on any atom is -0.309 e. The highest BCUT2D eigenvalue weighted by Crippen LogP contribution is 2.25. The second kappa shape index (κ2) is 8.30. The van der Waals surface area contributed by atoms with E-state index < -0.39 is 0 Å². The maximum atomic E-state index is 4.55. The van der Waals surface area contributed by atoms with Crippen molar-refractivity contribution in [2.45, 2.75) is 58.9 Å². The molecule has 0 aliphatic carbocycles. The Labute approximate surface area is 112 Å². The zero-order chi connectivity index (χ0) is 13.4. The van der Waals surface area contributed by atoms with Gasteiger partial charge in [-0.25, -0.2) is 0 Å². The van der Waals surface area contributed by atoms with Gasteiger partial charge in [0.05, 0.1) is 11.7 Å². The van der Waals surface area contributed by atoms with Gasteiger partial charge in [0.1, 0.15) is 0 Å². The van der Waals surface area contributed by atoms with Crippen LogP contribution < -0.4 is 5.32 Å². The molecule has 2 atom stereocenters. The molecule has 1 rings (SSSR count). The normalized spacial score (nSPS) is 14.7. The van der Waals surface area contributed by atoms with Crippen molar-refractivity contribution in [3.05, 3.63) is 18.0 Å². The van der Waals surface area contributed by atoms with Crippen LogP contribution in [0.25, 0.3) is 0 Å². The molecule has 0 aliphatic rings. The van der Waals surface area contributed by atoms with Crippen LogP contribution in [-0.4, -0.2) is 16.3 Å². The third-order valence-corrected chi connectivity index (χ3v) is 3.65. The lowest BCUT2D eigenvalue weighted by atomic mass is 9.91. The minimum absolute atomic E-state index is 0.415. The zero-order valence-corrected chi connectivity index (χ0v) is 12.4. The van der Waals surface area contributed by atoms with Gasteiger partial charge < -0.3 is 5.32 Å². The van der Waals surface area contributed by atoms with Crippen LogP contribution in [0.2, 0.25) is 0 Å². The van der Waals surface area contributed by atoms with Crippen LogP contribution in [0.1, 0.15) is 64.6 Å². The Morgan fingerprint density at radius 1 is 1.33 bits per heavy atom. The van der Waals surface area contributed by atoms with Gasteiger partial charge in [-0.05, 0) is 24.9 Å². The lowest BCUT2D eigenvalue weighted by Gasteiger charge is -2.22. The first-order chi connectivity index (χ1) is 8.71. The van der Waals surface area contributed by atoms with Crippen molar-refractivity contribution in [2.24, 2.45) is 13.0 Å². The monoisotopic (exact) mass is 251 g/mol. The summed E-state index contributed by atoms with van der Waals surface area (Å²) >= 11 is 0. The van der Waals surface area contributed by atoms with Gasteiger partial charge in [-0.15, -0.1) is 0 Å². The van der Waals surface area contributed by atoms with Crippen LogP contribution in [0, 0.1) is 5.92 Å². The predicted molar refractivity (Wildman–Crippen MR) is 77.5 cm³/mol. The van der Waals surface area contributed by atoms with Crippen molar-refractivity contribution < 1.29 is 0 Å². The first-order valence-electron chi connectivity index (χ1n) is 7.44. The first kappa shape index (κ1) is 15.2. The molecule has 1 aromatic rings. The number of hydrogen-bond acceptors (Lipinski definition) is 2. The van der Waals surface area contributed by atoms with Crippen molar-refractivity contribution in [3.8, 4) is 0 Å². The van der Waals surface area contributed by atoms with Gasteiger partial charge in [-0.2, -0.15) is 5.10 Å². The molecule has 0 amide bonds. The summed E-state index contributed by atoms with van der Waals surface area (Å²) in [5.41, 5.74) is 1.19. The average Bonchev–Trinajstić information content (AvgIpc) is 2.80. The Morgan fingerprint density at radius 2 is 2.11 bits per heavy atom. The van der Waals surface area contributed by atoms with Crippen molar-refractivity contribution in [1.29, 1.82) is 0 Å². The lowest BCUT2D eigenvalue weighted by molar-refractivity contribution is 0.352. The summed E-state index contributed by atoms with van der Waals surface area (Å²) in [6, 6.07) is 2.55. The van der Waals surface area contributed by atoms with E-state index in [1.807, 2.05) is 17.9 Å². The van der Waals surface area contributed by atoms with Crippen LogP contribution in [-0.2, 0) is 7.05 Å². The molecule has 0 aliphatic heterocycles. The summed E-state index contributed by atoms with van der Waals surface area (Å²) in [7, 11) is 1.99. The fraction of sp³-hybridized carbons (Fsp3) is 0.800. The predicted octanol–water partition coefficient (Wildman–Crippen LogP) is 3.68. The minimum atomic E-state index is 0.415. The summed E-state index contributed by atoms with van der Waals surface area (Å²) in [6.07, 6.45) is 8.51. The molecule has 2 unspecified atom stereocenters. The number of unbranched alkanes of at least 4 members (excludes halogenated alkanes) is 1. The van der Waals surface area contributed by atoms with Gasteiger partial charge in [-0.1, -0.05) is 46.5 Å². The Kier molecular flexibility index (Phi) is 7.02. The Bertz CT molecular complexity index is 319. The molecule has 0 bridgehead atoms. The lowest BCUT2D eigenvalue weighted by Crippen LogP contribution is -2.24. The van der Waals surface area contributed by atoms with Gasteiger partial charge in [0.25, 0.3) is 0 Å². The highest BCUT2D eigenvalue weighted by atomic mass is 15.3. The summed E-state index contributed by atoms with van der Waals surface area (Å²) in [4.78, 5) is 0. The molecule has 3 nitrogen and oxygen atoms in total. The molecule has 104 valence electrons. The second-order valence-electron chi connectivity index (χ2n) is 5.18. The fourth-order valence-corrected chi connectivity index (χ4v) is 2.49. The number of rotatable bonds is 9. The number of nitrogens with zero attached hydrogens (tertiary/aromatic N) is 2. The van der Waals surface area contributed by atoms with Crippen molar-refractivity contribution in [1.82, 2.24) is 15.1 Å². The maximum Gasteiger partial charge on any atom is 0.0793 e. The molecule has 1 N–H and O–H groups in total. The molecule has 0 spiro atoms. The number of nitrogens with one attached hydrogen (secondary N) is 1. The zero-order valence-electron chi connectivity index (χ0n) is 12.4. The van der Waals surface area contributed by atoms with Crippen molar-refractivity contribution in [2.75, 3.05) is 6.54 Å². The van der Waals surface area contributed by atoms with Gasteiger partial charge in [-0.3, -0.25) is 4.68 Å². The second-order valence-corrected chi connectivity index (χ2v) is 5.18. The Hall–Kier alpha value is -0.830. The molecule has 18 heavy (non-hydrogen) atoms. The number of aromatic nitrogens is 2. The summed E-state index contributed by atoms with van der Waals surface area (Å²) in [6.45, 7) is 7.75.